The summed E-state index contributed by atoms with van der Waals surface area (Å²) in [5.74, 6) is 0.242. The maximum Gasteiger partial charge on any atom is 0.261 e. The fraction of sp³-hybridized carbons (Fsp3) is 0.212. The van der Waals surface area contributed by atoms with Gasteiger partial charge in [0.1, 0.15) is 23.0 Å². The van der Waals surface area contributed by atoms with Crippen LogP contribution in [0.1, 0.15) is 45.7 Å². The highest BCUT2D eigenvalue weighted by molar-refractivity contribution is 6.21. The number of hydrogen-bond acceptors (Lipinski definition) is 6. The molecule has 2 heterocycles. The molecule has 0 aromatic heterocycles. The Balaban J connectivity index is 1.13. The molecule has 206 valence electrons. The highest BCUT2D eigenvalue weighted by Gasteiger charge is 2.44. The standard InChI is InChI=1S/C33H28N2O6/c1-33(2,19-5-9-21(10-6-19)40-23-13-15-25-27(17-23)31(38)34(3)29(25)36)20-7-11-22(12-8-20)41-24-14-16-26-28(18-24)32(39)35(4)30(26)37/h5-18,25,27H,1-4H3. The molecule has 0 radical (unpaired) electrons. The van der Waals surface area contributed by atoms with Crippen molar-refractivity contribution < 1.29 is 28.7 Å². The van der Waals surface area contributed by atoms with Gasteiger partial charge in [0.15, 0.2) is 0 Å². The van der Waals surface area contributed by atoms with Crippen molar-refractivity contribution in [3.8, 4) is 17.2 Å². The van der Waals surface area contributed by atoms with E-state index in [9.17, 15) is 19.2 Å². The van der Waals surface area contributed by atoms with Crippen molar-refractivity contribution in [2.45, 2.75) is 19.3 Å². The Morgan fingerprint density at radius 2 is 1.17 bits per heavy atom. The molecule has 1 aliphatic carbocycles. The van der Waals surface area contributed by atoms with Crippen molar-refractivity contribution in [1.29, 1.82) is 0 Å². The maximum absolute atomic E-state index is 12.4. The van der Waals surface area contributed by atoms with Crippen LogP contribution in [0.2, 0.25) is 0 Å². The van der Waals surface area contributed by atoms with E-state index < -0.39 is 11.8 Å². The number of rotatable bonds is 6. The minimum absolute atomic E-state index is 0.192. The van der Waals surface area contributed by atoms with E-state index in [2.05, 4.69) is 13.8 Å². The Hall–Kier alpha value is -4.98. The topological polar surface area (TPSA) is 93.2 Å². The molecule has 0 bridgehead atoms. The number of imide groups is 2. The van der Waals surface area contributed by atoms with Gasteiger partial charge < -0.3 is 9.47 Å². The lowest BCUT2D eigenvalue weighted by Gasteiger charge is -2.26. The third-order valence-electron chi connectivity index (χ3n) is 8.11. The van der Waals surface area contributed by atoms with Crippen LogP contribution in [-0.2, 0) is 15.0 Å². The molecule has 0 saturated carbocycles. The number of carbonyl (C=O) groups excluding carboxylic acids is 4. The normalized spacial score (nSPS) is 19.9. The van der Waals surface area contributed by atoms with Gasteiger partial charge in [0.2, 0.25) is 11.8 Å². The molecular weight excluding hydrogens is 520 g/mol. The Morgan fingerprint density at radius 1 is 0.634 bits per heavy atom. The number of allylic oxidation sites excluding steroid dienone is 1. The Labute approximate surface area is 237 Å². The predicted octanol–water partition coefficient (Wildman–Crippen LogP) is 5.09. The van der Waals surface area contributed by atoms with Crippen LogP contribution in [0.5, 0.6) is 17.2 Å². The van der Waals surface area contributed by atoms with E-state index in [4.69, 9.17) is 9.47 Å². The van der Waals surface area contributed by atoms with E-state index in [0.717, 1.165) is 16.0 Å². The first kappa shape index (κ1) is 26.3. The first-order valence-corrected chi connectivity index (χ1v) is 13.3. The van der Waals surface area contributed by atoms with Crippen LogP contribution in [0.15, 0.2) is 90.7 Å². The first-order chi connectivity index (χ1) is 19.5. The number of carbonyl (C=O) groups is 4. The molecule has 8 nitrogen and oxygen atoms in total. The van der Waals surface area contributed by atoms with Crippen LogP contribution >= 0.6 is 0 Å². The second-order valence-corrected chi connectivity index (χ2v) is 11.0. The van der Waals surface area contributed by atoms with Gasteiger partial charge >= 0.3 is 0 Å². The monoisotopic (exact) mass is 548 g/mol. The van der Waals surface area contributed by atoms with E-state index in [1.165, 1.54) is 19.0 Å². The van der Waals surface area contributed by atoms with Gasteiger partial charge in [-0.1, -0.05) is 44.2 Å². The molecule has 3 aliphatic rings. The highest BCUT2D eigenvalue weighted by Crippen LogP contribution is 2.36. The van der Waals surface area contributed by atoms with Gasteiger partial charge in [0.05, 0.1) is 23.0 Å². The molecule has 2 atom stereocenters. The van der Waals surface area contributed by atoms with Crippen molar-refractivity contribution in [3.05, 3.63) is 113 Å². The molecular formula is C33H28N2O6. The quantitative estimate of drug-likeness (QED) is 0.398. The fourth-order valence-electron chi connectivity index (χ4n) is 5.46. The van der Waals surface area contributed by atoms with E-state index in [0.29, 0.717) is 34.1 Å². The SMILES string of the molecule is CN1C(=O)c2ccc(Oc3ccc(C(C)(C)c4ccc(OC5=CC6C(=O)N(C)C(=O)C6C=C5)cc4)cc3)cc2C1=O. The highest BCUT2D eigenvalue weighted by atomic mass is 16.5. The van der Waals surface area contributed by atoms with Crippen LogP contribution in [0.3, 0.4) is 0 Å². The van der Waals surface area contributed by atoms with Gasteiger partial charge in [-0.05, 0) is 65.7 Å². The summed E-state index contributed by atoms with van der Waals surface area (Å²) in [5, 5.41) is 0. The van der Waals surface area contributed by atoms with Gasteiger partial charge in [-0.25, -0.2) is 0 Å². The number of fused-ring (bicyclic) bond motifs is 2. The summed E-state index contributed by atoms with van der Waals surface area (Å²) in [6.07, 6.45) is 5.19. The van der Waals surface area contributed by atoms with Gasteiger partial charge in [-0.3, -0.25) is 29.0 Å². The molecule has 4 amide bonds. The van der Waals surface area contributed by atoms with E-state index in [-0.39, 0.29) is 29.0 Å². The van der Waals surface area contributed by atoms with Crippen LogP contribution in [0.25, 0.3) is 0 Å². The first-order valence-electron chi connectivity index (χ1n) is 13.3. The molecule has 0 spiro atoms. The second-order valence-electron chi connectivity index (χ2n) is 11.0. The molecule has 8 heteroatoms. The molecule has 1 saturated heterocycles. The summed E-state index contributed by atoms with van der Waals surface area (Å²) >= 11 is 0. The maximum atomic E-state index is 12.4. The predicted molar refractivity (Wildman–Crippen MR) is 151 cm³/mol. The van der Waals surface area contributed by atoms with Crippen molar-refractivity contribution in [3.63, 3.8) is 0 Å². The van der Waals surface area contributed by atoms with Gasteiger partial charge in [-0.2, -0.15) is 0 Å². The third-order valence-corrected chi connectivity index (χ3v) is 8.11. The van der Waals surface area contributed by atoms with Crippen molar-refractivity contribution in [2.75, 3.05) is 14.1 Å². The summed E-state index contributed by atoms with van der Waals surface area (Å²) in [5.41, 5.74) is 2.56. The number of likely N-dealkylation sites (tertiary alicyclic amines) is 1. The lowest BCUT2D eigenvalue weighted by Crippen LogP contribution is -2.25. The Kier molecular flexibility index (Phi) is 6.14. The van der Waals surface area contributed by atoms with Crippen molar-refractivity contribution >= 4 is 23.6 Å². The summed E-state index contributed by atoms with van der Waals surface area (Å²) in [7, 11) is 2.97. The minimum Gasteiger partial charge on any atom is -0.458 e. The molecule has 1 fully saturated rings. The summed E-state index contributed by atoms with van der Waals surface area (Å²) in [6.45, 7) is 4.26. The average molecular weight is 549 g/mol. The number of amides is 4. The Morgan fingerprint density at radius 3 is 1.80 bits per heavy atom. The molecule has 2 unspecified atom stereocenters. The molecule has 3 aromatic rings. The number of benzene rings is 3. The molecule has 6 rings (SSSR count). The molecule has 3 aromatic carbocycles. The summed E-state index contributed by atoms with van der Waals surface area (Å²) in [4.78, 5) is 51.3. The number of hydrogen-bond donors (Lipinski definition) is 0. The van der Waals surface area contributed by atoms with Crippen molar-refractivity contribution in [2.24, 2.45) is 11.8 Å². The fourth-order valence-corrected chi connectivity index (χ4v) is 5.46. The third kappa shape index (κ3) is 4.41. The van der Waals surface area contributed by atoms with E-state index in [1.807, 2.05) is 48.5 Å². The molecule has 2 aliphatic heterocycles. The van der Waals surface area contributed by atoms with Gasteiger partial charge in [-0.15, -0.1) is 0 Å². The van der Waals surface area contributed by atoms with Crippen LogP contribution in [0.4, 0.5) is 0 Å². The largest absolute Gasteiger partial charge is 0.458 e. The van der Waals surface area contributed by atoms with E-state index in [1.54, 1.807) is 36.4 Å². The molecule has 0 N–H and O–H groups in total. The lowest BCUT2D eigenvalue weighted by molar-refractivity contribution is -0.137. The average Bonchev–Trinajstić information content (AvgIpc) is 3.32. The van der Waals surface area contributed by atoms with Crippen LogP contribution in [0, 0.1) is 11.8 Å². The zero-order chi connectivity index (χ0) is 29.1. The summed E-state index contributed by atoms with van der Waals surface area (Å²) < 4.78 is 12.0. The number of nitrogens with zero attached hydrogens (tertiary/aromatic N) is 2. The minimum atomic E-state index is -0.520. The smallest absolute Gasteiger partial charge is 0.261 e. The van der Waals surface area contributed by atoms with Crippen LogP contribution < -0.4 is 9.47 Å². The second kappa shape index (κ2) is 9.59. The van der Waals surface area contributed by atoms with Gasteiger partial charge in [0, 0.05) is 19.5 Å². The molecule has 41 heavy (non-hydrogen) atoms. The summed E-state index contributed by atoms with van der Waals surface area (Å²) in [6, 6.07) is 20.5. The zero-order valence-electron chi connectivity index (χ0n) is 23.1. The van der Waals surface area contributed by atoms with Crippen LogP contribution in [-0.4, -0.2) is 47.5 Å². The van der Waals surface area contributed by atoms with Gasteiger partial charge in [0.25, 0.3) is 11.8 Å². The number of ether oxygens (including phenoxy) is 2. The Bertz CT molecular complexity index is 1670. The van der Waals surface area contributed by atoms with E-state index >= 15 is 0 Å². The lowest BCUT2D eigenvalue weighted by atomic mass is 9.78. The zero-order valence-corrected chi connectivity index (χ0v) is 23.1. The van der Waals surface area contributed by atoms with Crippen molar-refractivity contribution in [1.82, 2.24) is 9.80 Å².